The summed E-state index contributed by atoms with van der Waals surface area (Å²) in [6, 6.07) is 12.3. The van der Waals surface area contributed by atoms with Gasteiger partial charge < -0.3 is 14.8 Å². The minimum Gasteiger partial charge on any atom is -0.493 e. The molecule has 0 saturated carbocycles. The molecule has 0 aliphatic heterocycles. The fourth-order valence-corrected chi connectivity index (χ4v) is 3.78. The molecule has 1 N–H and O–H groups in total. The van der Waals surface area contributed by atoms with Crippen molar-refractivity contribution in [3.05, 3.63) is 58.7 Å². The highest BCUT2D eigenvalue weighted by Gasteiger charge is 2.37. The molecular weight excluding hydrogens is 326 g/mol. The highest BCUT2D eigenvalue weighted by molar-refractivity contribution is 6.03. The van der Waals surface area contributed by atoms with E-state index in [2.05, 4.69) is 43.4 Å². The van der Waals surface area contributed by atoms with Crippen molar-refractivity contribution in [1.29, 1.82) is 0 Å². The Kier molecular flexibility index (Phi) is 5.62. The summed E-state index contributed by atoms with van der Waals surface area (Å²) in [6.45, 7) is 5.85. The van der Waals surface area contributed by atoms with Crippen LogP contribution < -0.4 is 14.8 Å². The van der Waals surface area contributed by atoms with Crippen LogP contribution in [0.25, 0.3) is 0 Å². The number of methoxy groups -OCH3 is 2. The number of likely N-dealkylation sites (N-methyl/N-ethyl adjacent to an activating group) is 1. The molecule has 0 bridgehead atoms. The number of ketones is 1. The lowest BCUT2D eigenvalue weighted by Crippen LogP contribution is -2.29. The molecule has 2 aromatic rings. The Bertz CT molecular complexity index is 783. The van der Waals surface area contributed by atoms with E-state index < -0.39 is 0 Å². The van der Waals surface area contributed by atoms with E-state index in [1.54, 1.807) is 14.2 Å². The lowest BCUT2D eigenvalue weighted by Gasteiger charge is -2.23. The minimum absolute atomic E-state index is 0.0661. The molecule has 2 unspecified atom stereocenters. The van der Waals surface area contributed by atoms with Crippen LogP contribution in [0.2, 0.25) is 0 Å². The molecule has 0 saturated heterocycles. The summed E-state index contributed by atoms with van der Waals surface area (Å²) in [4.78, 5) is 13.2. The first-order chi connectivity index (χ1) is 12.6. The van der Waals surface area contributed by atoms with E-state index in [1.165, 1.54) is 11.1 Å². The number of carbonyl (C=O) groups is 1. The molecule has 2 atom stereocenters. The number of fused-ring (bicyclic) bond motifs is 1. The minimum atomic E-state index is -0.0661. The molecule has 0 radical (unpaired) electrons. The number of Topliss-reactive ketones (excluding diaryl/α,β-unsaturated/α-hetero) is 1. The van der Waals surface area contributed by atoms with E-state index in [-0.39, 0.29) is 17.6 Å². The van der Waals surface area contributed by atoms with Crippen molar-refractivity contribution in [2.45, 2.75) is 26.2 Å². The summed E-state index contributed by atoms with van der Waals surface area (Å²) >= 11 is 0. The maximum Gasteiger partial charge on any atom is 0.167 e. The van der Waals surface area contributed by atoms with Gasteiger partial charge in [0.2, 0.25) is 0 Å². The quantitative estimate of drug-likeness (QED) is 0.823. The molecular formula is C22H27NO3. The SMILES string of the molecule is CCNCC(c1ccc(C)cc1)C1Cc2cc(OC)c(OC)cc2C1=O. The van der Waals surface area contributed by atoms with Crippen LogP contribution in [0.1, 0.15) is 39.9 Å². The first-order valence-electron chi connectivity index (χ1n) is 9.15. The Balaban J connectivity index is 1.95. The lowest BCUT2D eigenvalue weighted by molar-refractivity contribution is 0.0917. The van der Waals surface area contributed by atoms with Gasteiger partial charge in [0.05, 0.1) is 14.2 Å². The predicted octanol–water partition coefficient (Wildman–Crippen LogP) is 3.76. The second-order valence-corrected chi connectivity index (χ2v) is 6.86. The smallest absolute Gasteiger partial charge is 0.167 e. The zero-order valence-corrected chi connectivity index (χ0v) is 16.0. The second-order valence-electron chi connectivity index (χ2n) is 6.86. The summed E-state index contributed by atoms with van der Waals surface area (Å²) in [6.07, 6.45) is 0.735. The zero-order chi connectivity index (χ0) is 18.7. The average molecular weight is 353 g/mol. The van der Waals surface area contributed by atoms with Crippen molar-refractivity contribution < 1.29 is 14.3 Å². The van der Waals surface area contributed by atoms with Gasteiger partial charge in [-0.05, 0) is 43.1 Å². The van der Waals surface area contributed by atoms with E-state index in [1.807, 2.05) is 12.1 Å². The van der Waals surface area contributed by atoms with Gasteiger partial charge in [-0.25, -0.2) is 0 Å². The first kappa shape index (κ1) is 18.5. The van der Waals surface area contributed by atoms with Gasteiger partial charge in [0, 0.05) is 23.9 Å². The van der Waals surface area contributed by atoms with Crippen LogP contribution in [0.15, 0.2) is 36.4 Å². The van der Waals surface area contributed by atoms with Crippen molar-refractivity contribution >= 4 is 5.78 Å². The van der Waals surface area contributed by atoms with Gasteiger partial charge in [0.25, 0.3) is 0 Å². The third kappa shape index (κ3) is 3.47. The van der Waals surface area contributed by atoms with Gasteiger partial charge >= 0.3 is 0 Å². The fourth-order valence-electron chi connectivity index (χ4n) is 3.78. The van der Waals surface area contributed by atoms with Gasteiger partial charge in [0.1, 0.15) is 0 Å². The summed E-state index contributed by atoms with van der Waals surface area (Å²) in [5.41, 5.74) is 4.25. The number of nitrogens with one attached hydrogen (secondary N) is 1. The topological polar surface area (TPSA) is 47.6 Å². The number of aryl methyl sites for hydroxylation is 1. The van der Waals surface area contributed by atoms with E-state index in [0.29, 0.717) is 11.5 Å². The Morgan fingerprint density at radius 1 is 1.12 bits per heavy atom. The molecule has 138 valence electrons. The van der Waals surface area contributed by atoms with Crippen molar-refractivity contribution in [1.82, 2.24) is 5.32 Å². The Hall–Kier alpha value is -2.33. The maximum atomic E-state index is 13.2. The van der Waals surface area contributed by atoms with Crippen molar-refractivity contribution in [2.24, 2.45) is 5.92 Å². The van der Waals surface area contributed by atoms with Crippen molar-refractivity contribution in [2.75, 3.05) is 27.3 Å². The standard InChI is InChI=1S/C22H27NO3/c1-5-23-13-19(15-8-6-14(2)7-9-15)18-10-16-11-20(25-3)21(26-4)12-17(16)22(18)24/h6-9,11-12,18-19,23H,5,10,13H2,1-4H3. The molecule has 0 heterocycles. The third-order valence-corrected chi connectivity index (χ3v) is 5.26. The Labute approximate surface area is 155 Å². The second kappa shape index (κ2) is 7.92. The number of carbonyl (C=O) groups excluding carboxylic acids is 1. The summed E-state index contributed by atoms with van der Waals surface area (Å²) in [7, 11) is 3.22. The number of hydrogen-bond acceptors (Lipinski definition) is 4. The van der Waals surface area contributed by atoms with Gasteiger partial charge in [-0.1, -0.05) is 36.8 Å². The average Bonchev–Trinajstić information content (AvgIpc) is 2.98. The number of rotatable bonds is 7. The van der Waals surface area contributed by atoms with E-state index in [9.17, 15) is 4.79 Å². The summed E-state index contributed by atoms with van der Waals surface area (Å²) in [5.74, 6) is 1.57. The highest BCUT2D eigenvalue weighted by atomic mass is 16.5. The molecule has 1 aliphatic rings. The monoisotopic (exact) mass is 353 g/mol. The number of ether oxygens (including phenoxy) is 2. The molecule has 0 aromatic heterocycles. The van der Waals surface area contributed by atoms with Crippen LogP contribution in [0, 0.1) is 12.8 Å². The van der Waals surface area contributed by atoms with Crippen molar-refractivity contribution in [3.8, 4) is 11.5 Å². The molecule has 1 aliphatic carbocycles. The van der Waals surface area contributed by atoms with Gasteiger partial charge in [-0.3, -0.25) is 4.79 Å². The van der Waals surface area contributed by atoms with Crippen molar-refractivity contribution in [3.63, 3.8) is 0 Å². The maximum absolute atomic E-state index is 13.2. The first-order valence-corrected chi connectivity index (χ1v) is 9.15. The third-order valence-electron chi connectivity index (χ3n) is 5.26. The molecule has 0 fully saturated rings. The Morgan fingerprint density at radius 3 is 2.38 bits per heavy atom. The molecule has 26 heavy (non-hydrogen) atoms. The molecule has 0 spiro atoms. The molecule has 2 aromatic carbocycles. The van der Waals surface area contributed by atoms with Gasteiger partial charge in [-0.15, -0.1) is 0 Å². The van der Waals surface area contributed by atoms with Crippen LogP contribution >= 0.6 is 0 Å². The number of benzene rings is 2. The molecule has 4 heteroatoms. The van der Waals surface area contributed by atoms with E-state index in [0.717, 1.165) is 30.6 Å². The fraction of sp³-hybridized carbons (Fsp3) is 0.409. The van der Waals surface area contributed by atoms with Crippen LogP contribution in [0.5, 0.6) is 11.5 Å². The van der Waals surface area contributed by atoms with Gasteiger partial charge in [0.15, 0.2) is 17.3 Å². The largest absolute Gasteiger partial charge is 0.493 e. The number of hydrogen-bond donors (Lipinski definition) is 1. The normalized spacial score (nSPS) is 17.1. The lowest BCUT2D eigenvalue weighted by atomic mass is 9.83. The molecule has 4 nitrogen and oxygen atoms in total. The summed E-state index contributed by atoms with van der Waals surface area (Å²) in [5, 5.41) is 3.43. The highest BCUT2D eigenvalue weighted by Crippen LogP contribution is 2.41. The molecule has 0 amide bonds. The van der Waals surface area contributed by atoms with Gasteiger partial charge in [-0.2, -0.15) is 0 Å². The van der Waals surface area contributed by atoms with E-state index in [4.69, 9.17) is 9.47 Å². The van der Waals surface area contributed by atoms with Crippen LogP contribution in [0.4, 0.5) is 0 Å². The van der Waals surface area contributed by atoms with Crippen LogP contribution in [0.3, 0.4) is 0 Å². The van der Waals surface area contributed by atoms with Crippen LogP contribution in [-0.4, -0.2) is 33.1 Å². The zero-order valence-electron chi connectivity index (χ0n) is 16.0. The molecule has 3 rings (SSSR count). The van der Waals surface area contributed by atoms with Crippen LogP contribution in [-0.2, 0) is 6.42 Å². The summed E-state index contributed by atoms with van der Waals surface area (Å²) < 4.78 is 10.8. The van der Waals surface area contributed by atoms with E-state index >= 15 is 0 Å². The predicted molar refractivity (Wildman–Crippen MR) is 104 cm³/mol. The Morgan fingerprint density at radius 2 is 1.77 bits per heavy atom.